The lowest BCUT2D eigenvalue weighted by Gasteiger charge is -2.25. The first kappa shape index (κ1) is 14.1. The molecular formula is C16H20N2O3. The summed E-state index contributed by atoms with van der Waals surface area (Å²) in [5.74, 6) is 0.120. The molecule has 112 valence electrons. The number of aromatic carboxylic acids is 1. The van der Waals surface area contributed by atoms with Crippen LogP contribution in [0.4, 0.5) is 0 Å². The number of rotatable bonds is 4. The first-order valence-electron chi connectivity index (χ1n) is 7.52. The minimum Gasteiger partial charge on any atom is -0.478 e. The number of ether oxygens (including phenoxy) is 1. The molecule has 0 radical (unpaired) electrons. The fourth-order valence-electron chi connectivity index (χ4n) is 3.02. The average molecular weight is 288 g/mol. The fourth-order valence-corrected chi connectivity index (χ4v) is 3.02. The van der Waals surface area contributed by atoms with Crippen molar-refractivity contribution in [2.75, 3.05) is 13.2 Å². The monoisotopic (exact) mass is 288 g/mol. The number of carboxylic acid groups (broad SMARTS) is 1. The van der Waals surface area contributed by atoms with Crippen molar-refractivity contribution in [2.45, 2.75) is 38.6 Å². The van der Waals surface area contributed by atoms with Gasteiger partial charge in [-0.25, -0.2) is 9.78 Å². The average Bonchev–Trinajstić information content (AvgIpc) is 2.85. The maximum absolute atomic E-state index is 11.1. The maximum atomic E-state index is 11.1. The number of imidazole rings is 1. The summed E-state index contributed by atoms with van der Waals surface area (Å²) >= 11 is 0. The number of hydrogen-bond donors (Lipinski definition) is 1. The molecule has 0 saturated carbocycles. The lowest BCUT2D eigenvalue weighted by atomic mass is 10.1. The van der Waals surface area contributed by atoms with E-state index in [1.165, 1.54) is 0 Å². The molecule has 5 nitrogen and oxygen atoms in total. The maximum Gasteiger partial charge on any atom is 0.335 e. The Morgan fingerprint density at radius 2 is 2.38 bits per heavy atom. The van der Waals surface area contributed by atoms with Gasteiger partial charge >= 0.3 is 5.97 Å². The first-order valence-corrected chi connectivity index (χ1v) is 7.52. The number of carbonyl (C=O) groups is 1. The number of aromatic nitrogens is 2. The van der Waals surface area contributed by atoms with E-state index in [1.54, 1.807) is 12.1 Å². The Bertz CT molecular complexity index is 657. The molecule has 1 atom stereocenters. The summed E-state index contributed by atoms with van der Waals surface area (Å²) in [5, 5.41) is 9.12. The molecule has 1 aliphatic heterocycles. The van der Waals surface area contributed by atoms with Gasteiger partial charge < -0.3 is 14.4 Å². The van der Waals surface area contributed by atoms with Crippen LogP contribution in [0.3, 0.4) is 0 Å². The molecule has 1 N–H and O–H groups in total. The van der Waals surface area contributed by atoms with Crippen molar-refractivity contribution in [1.29, 1.82) is 0 Å². The van der Waals surface area contributed by atoms with Crippen molar-refractivity contribution in [3.63, 3.8) is 0 Å². The number of aryl methyl sites for hydroxylation is 1. The van der Waals surface area contributed by atoms with Gasteiger partial charge in [-0.15, -0.1) is 0 Å². The SMILES string of the molecule is CCCc1nc2cc(C(=O)O)ccc2n1C1CCCOC1. The molecule has 1 aromatic carbocycles. The van der Waals surface area contributed by atoms with E-state index in [0.717, 1.165) is 49.1 Å². The van der Waals surface area contributed by atoms with Crippen LogP contribution in [0.1, 0.15) is 48.4 Å². The van der Waals surface area contributed by atoms with Crippen LogP contribution in [0.5, 0.6) is 0 Å². The van der Waals surface area contributed by atoms with E-state index in [0.29, 0.717) is 12.6 Å². The van der Waals surface area contributed by atoms with Crippen LogP contribution in [0.15, 0.2) is 18.2 Å². The van der Waals surface area contributed by atoms with Crippen molar-refractivity contribution in [3.8, 4) is 0 Å². The quantitative estimate of drug-likeness (QED) is 0.939. The van der Waals surface area contributed by atoms with Gasteiger partial charge in [0.15, 0.2) is 0 Å². The highest BCUT2D eigenvalue weighted by Gasteiger charge is 2.22. The summed E-state index contributed by atoms with van der Waals surface area (Å²) in [4.78, 5) is 15.8. The van der Waals surface area contributed by atoms with Crippen molar-refractivity contribution in [1.82, 2.24) is 9.55 Å². The predicted octanol–water partition coefficient (Wildman–Crippen LogP) is 3.04. The number of benzene rings is 1. The van der Waals surface area contributed by atoms with Crippen molar-refractivity contribution < 1.29 is 14.6 Å². The highest BCUT2D eigenvalue weighted by atomic mass is 16.5. The highest BCUT2D eigenvalue weighted by molar-refractivity contribution is 5.92. The molecule has 0 spiro atoms. The third-order valence-corrected chi connectivity index (χ3v) is 3.98. The molecule has 21 heavy (non-hydrogen) atoms. The summed E-state index contributed by atoms with van der Waals surface area (Å²) in [7, 11) is 0. The normalized spacial score (nSPS) is 19.0. The van der Waals surface area contributed by atoms with Gasteiger partial charge in [0.25, 0.3) is 0 Å². The zero-order valence-electron chi connectivity index (χ0n) is 12.2. The van der Waals surface area contributed by atoms with Crippen LogP contribution in [-0.4, -0.2) is 33.8 Å². The highest BCUT2D eigenvalue weighted by Crippen LogP contribution is 2.28. The molecule has 2 heterocycles. The Morgan fingerprint density at radius 3 is 3.05 bits per heavy atom. The fraction of sp³-hybridized carbons (Fsp3) is 0.500. The summed E-state index contributed by atoms with van der Waals surface area (Å²) in [5.41, 5.74) is 2.07. The topological polar surface area (TPSA) is 64.3 Å². The Hall–Kier alpha value is -1.88. The van der Waals surface area contributed by atoms with Gasteiger partial charge in [0.2, 0.25) is 0 Å². The van der Waals surface area contributed by atoms with Crippen LogP contribution >= 0.6 is 0 Å². The minimum absolute atomic E-state index is 0.287. The van der Waals surface area contributed by atoms with Gasteiger partial charge in [-0.05, 0) is 37.5 Å². The van der Waals surface area contributed by atoms with Crippen LogP contribution < -0.4 is 0 Å². The van der Waals surface area contributed by atoms with Gasteiger partial charge in [-0.2, -0.15) is 0 Å². The predicted molar refractivity (Wildman–Crippen MR) is 79.8 cm³/mol. The molecule has 1 aromatic heterocycles. The van der Waals surface area contributed by atoms with E-state index in [2.05, 4.69) is 16.5 Å². The third kappa shape index (κ3) is 2.65. The third-order valence-electron chi connectivity index (χ3n) is 3.98. The van der Waals surface area contributed by atoms with Crippen molar-refractivity contribution in [3.05, 3.63) is 29.6 Å². The number of nitrogens with zero attached hydrogens (tertiary/aromatic N) is 2. The van der Waals surface area contributed by atoms with Crippen LogP contribution in [0.25, 0.3) is 11.0 Å². The van der Waals surface area contributed by atoms with Crippen molar-refractivity contribution >= 4 is 17.0 Å². The van der Waals surface area contributed by atoms with Gasteiger partial charge in [0.1, 0.15) is 5.82 Å². The lowest BCUT2D eigenvalue weighted by Crippen LogP contribution is -2.22. The smallest absolute Gasteiger partial charge is 0.335 e. The molecule has 0 amide bonds. The van der Waals surface area contributed by atoms with Gasteiger partial charge in [-0.1, -0.05) is 6.92 Å². The Morgan fingerprint density at radius 1 is 1.52 bits per heavy atom. The standard InChI is InChI=1S/C16H20N2O3/c1-2-4-15-17-13-9-11(16(19)20)6-7-14(13)18(15)12-5-3-8-21-10-12/h6-7,9,12H,2-5,8,10H2,1H3,(H,19,20). The van der Waals surface area contributed by atoms with Crippen LogP contribution in [0, 0.1) is 0 Å². The zero-order chi connectivity index (χ0) is 14.8. The summed E-state index contributed by atoms with van der Waals surface area (Å²) in [6.45, 7) is 3.67. The van der Waals surface area contributed by atoms with E-state index in [-0.39, 0.29) is 5.56 Å². The zero-order valence-corrected chi connectivity index (χ0v) is 12.2. The molecule has 0 bridgehead atoms. The lowest BCUT2D eigenvalue weighted by molar-refractivity contribution is 0.0595. The van der Waals surface area contributed by atoms with Crippen LogP contribution in [0.2, 0.25) is 0 Å². The van der Waals surface area contributed by atoms with E-state index in [4.69, 9.17) is 9.84 Å². The largest absolute Gasteiger partial charge is 0.478 e. The first-order chi connectivity index (χ1) is 10.2. The van der Waals surface area contributed by atoms with E-state index in [1.807, 2.05) is 6.07 Å². The minimum atomic E-state index is -0.913. The van der Waals surface area contributed by atoms with E-state index < -0.39 is 5.97 Å². The Labute approximate surface area is 123 Å². The molecule has 2 aromatic rings. The van der Waals surface area contributed by atoms with Gasteiger partial charge in [-0.3, -0.25) is 0 Å². The molecule has 1 fully saturated rings. The number of carboxylic acids is 1. The second-order valence-corrected chi connectivity index (χ2v) is 5.53. The Kier molecular flexibility index (Phi) is 3.92. The Balaban J connectivity index is 2.10. The van der Waals surface area contributed by atoms with Gasteiger partial charge in [0, 0.05) is 13.0 Å². The molecular weight excluding hydrogens is 268 g/mol. The molecule has 1 unspecified atom stereocenters. The second kappa shape index (κ2) is 5.85. The number of fused-ring (bicyclic) bond motifs is 1. The number of hydrogen-bond acceptors (Lipinski definition) is 3. The summed E-state index contributed by atoms with van der Waals surface area (Å²) < 4.78 is 7.86. The molecule has 1 saturated heterocycles. The second-order valence-electron chi connectivity index (χ2n) is 5.53. The van der Waals surface area contributed by atoms with E-state index >= 15 is 0 Å². The van der Waals surface area contributed by atoms with Crippen molar-refractivity contribution in [2.24, 2.45) is 0 Å². The molecule has 1 aliphatic rings. The van der Waals surface area contributed by atoms with E-state index in [9.17, 15) is 4.79 Å². The molecule has 5 heteroatoms. The summed E-state index contributed by atoms with van der Waals surface area (Å²) in [6.07, 6.45) is 4.06. The summed E-state index contributed by atoms with van der Waals surface area (Å²) in [6, 6.07) is 5.50. The van der Waals surface area contributed by atoms with Gasteiger partial charge in [0.05, 0.1) is 29.2 Å². The molecule has 0 aliphatic carbocycles. The van der Waals surface area contributed by atoms with Crippen LogP contribution in [-0.2, 0) is 11.2 Å². The molecule has 3 rings (SSSR count).